The van der Waals surface area contributed by atoms with Crippen molar-refractivity contribution in [1.82, 2.24) is 30.9 Å². The molecule has 0 saturated carbocycles. The van der Waals surface area contributed by atoms with Gasteiger partial charge < -0.3 is 10.6 Å². The second-order valence-electron chi connectivity index (χ2n) is 18.0. The van der Waals surface area contributed by atoms with Crippen molar-refractivity contribution in [2.24, 2.45) is 16.3 Å². The highest BCUT2D eigenvalue weighted by Gasteiger charge is 2.76. The molecule has 3 saturated heterocycles. The third-order valence-corrected chi connectivity index (χ3v) is 11.4. The van der Waals surface area contributed by atoms with E-state index in [2.05, 4.69) is 106 Å². The van der Waals surface area contributed by atoms with Gasteiger partial charge in [0.1, 0.15) is 5.82 Å². The fourth-order valence-corrected chi connectivity index (χ4v) is 9.93. The zero-order valence-electron chi connectivity index (χ0n) is 29.6. The normalized spacial score (nSPS) is 37.7. The molecule has 5 heterocycles. The molecule has 1 spiro atoms. The summed E-state index contributed by atoms with van der Waals surface area (Å²) in [6.07, 6.45) is 7.13. The Morgan fingerprint density at radius 2 is 1.56 bits per heavy atom. The van der Waals surface area contributed by atoms with Crippen LogP contribution in [0.4, 0.5) is 5.95 Å². The average Bonchev–Trinajstić information content (AvgIpc) is 3.03. The topological polar surface area (TPSA) is 101 Å². The first-order valence-electron chi connectivity index (χ1n) is 17.0. The molecule has 1 aromatic rings. The summed E-state index contributed by atoms with van der Waals surface area (Å²) in [7, 11) is 0. The highest BCUT2D eigenvalue weighted by molar-refractivity contribution is 6.04. The number of nitrogens with one attached hydrogen (secondary N) is 2. The molecule has 3 fully saturated rings. The molecule has 5 rings (SSSR count). The third-order valence-electron chi connectivity index (χ3n) is 11.4. The van der Waals surface area contributed by atoms with E-state index in [4.69, 9.17) is 19.9 Å². The average molecular weight is 593 g/mol. The van der Waals surface area contributed by atoms with Crippen molar-refractivity contribution in [3.63, 3.8) is 0 Å². The van der Waals surface area contributed by atoms with Crippen LogP contribution in [-0.2, 0) is 11.0 Å². The molecular weight excluding hydrogens is 532 g/mol. The minimum atomic E-state index is -1.45. The van der Waals surface area contributed by atoms with Crippen LogP contribution in [0.5, 0.6) is 0 Å². The molecule has 0 amide bonds. The number of rotatable bonds is 4. The number of hydrogen-bond donors (Lipinski definition) is 2. The Morgan fingerprint density at radius 1 is 0.930 bits per heavy atom. The standard InChI is InChI=1S/C35H60N8/c1-22-23(2)41-30(6,7)20-24(22)37-25-32(10,11)43-19-17-15-14-16-18-34(33(43,12)13)26-38-27(35(25,34)36)40-28(39-26)42-31(8,9)21-29(3,4)5/h22-24,41H,14-21H2,1-13H3,(H,38,39,40,42). The largest absolute Gasteiger partial charge is 0.349 e. The van der Waals surface area contributed by atoms with Gasteiger partial charge in [-0.1, -0.05) is 47.0 Å². The van der Waals surface area contributed by atoms with Gasteiger partial charge in [-0.15, -0.1) is 5.73 Å². The van der Waals surface area contributed by atoms with E-state index in [-0.39, 0.29) is 22.5 Å². The molecule has 1 aromatic heterocycles. The fraction of sp³-hybridized carbons (Fsp3) is 0.886. The predicted octanol–water partition coefficient (Wildman–Crippen LogP) is 6.46. The molecule has 6 atom stereocenters. The van der Waals surface area contributed by atoms with Gasteiger partial charge in [0, 0.05) is 22.7 Å². The molecule has 2 N–H and O–H groups in total. The Hall–Kier alpha value is -1.64. The van der Waals surface area contributed by atoms with E-state index in [1.165, 1.54) is 6.42 Å². The van der Waals surface area contributed by atoms with Gasteiger partial charge in [-0.05, 0) is 106 Å². The minimum Gasteiger partial charge on any atom is -0.349 e. The van der Waals surface area contributed by atoms with E-state index < -0.39 is 22.0 Å². The zero-order valence-corrected chi connectivity index (χ0v) is 29.6. The Labute approximate surface area is 262 Å². The van der Waals surface area contributed by atoms with Crippen molar-refractivity contribution in [3.8, 4) is 0 Å². The minimum absolute atomic E-state index is 0.0396. The summed E-state index contributed by atoms with van der Waals surface area (Å²) in [5, 5.41) is 7.46. The van der Waals surface area contributed by atoms with E-state index in [0.29, 0.717) is 23.7 Å². The molecule has 2 radical (unpaired) electrons. The number of aliphatic imine (C=N–C) groups is 1. The highest BCUT2D eigenvalue weighted by atomic mass is 15.4. The van der Waals surface area contributed by atoms with Crippen molar-refractivity contribution in [2.75, 3.05) is 11.9 Å². The van der Waals surface area contributed by atoms with Crippen LogP contribution in [0, 0.1) is 11.3 Å². The Balaban J connectivity index is 1.75. The lowest BCUT2D eigenvalue weighted by molar-refractivity contribution is -0.0615. The predicted molar refractivity (Wildman–Crippen MR) is 177 cm³/mol. The second kappa shape index (κ2) is 10.2. The second-order valence-corrected chi connectivity index (χ2v) is 18.0. The summed E-state index contributed by atoms with van der Waals surface area (Å²) in [5.74, 6) is 2.09. The van der Waals surface area contributed by atoms with E-state index in [1.807, 2.05) is 0 Å². The van der Waals surface area contributed by atoms with Crippen LogP contribution in [0.25, 0.3) is 0 Å². The Kier molecular flexibility index (Phi) is 7.75. The maximum absolute atomic E-state index is 13.6. The first kappa shape index (κ1) is 32.7. The molecule has 4 bridgehead atoms. The fourth-order valence-electron chi connectivity index (χ4n) is 9.93. The van der Waals surface area contributed by atoms with Gasteiger partial charge in [0.15, 0.2) is 11.4 Å². The lowest BCUT2D eigenvalue weighted by atomic mass is 9.50. The van der Waals surface area contributed by atoms with Crippen molar-refractivity contribution < 1.29 is 0 Å². The number of nitrogens with zero attached hydrogens (tertiary/aromatic N) is 6. The molecule has 8 nitrogen and oxygen atoms in total. The van der Waals surface area contributed by atoms with Crippen molar-refractivity contribution in [2.45, 2.75) is 180 Å². The Bertz CT molecular complexity index is 1260. The summed E-state index contributed by atoms with van der Waals surface area (Å²) in [6.45, 7) is 30.4. The van der Waals surface area contributed by atoms with E-state index in [1.54, 1.807) is 0 Å². The van der Waals surface area contributed by atoms with Crippen molar-refractivity contribution in [1.29, 1.82) is 0 Å². The number of anilines is 1. The summed E-state index contributed by atoms with van der Waals surface area (Å²) >= 11 is 0. The number of fused-ring (bicyclic) bond motifs is 4. The molecule has 8 heteroatoms. The first-order valence-corrected chi connectivity index (χ1v) is 17.0. The van der Waals surface area contributed by atoms with Crippen LogP contribution in [0.1, 0.15) is 147 Å². The molecule has 6 unspecified atom stereocenters. The maximum atomic E-state index is 13.6. The smallest absolute Gasteiger partial charge is 0.226 e. The lowest BCUT2D eigenvalue weighted by Crippen LogP contribution is -2.80. The number of hydrogen-bond acceptors (Lipinski definition) is 7. The van der Waals surface area contributed by atoms with E-state index in [0.717, 1.165) is 56.6 Å². The Morgan fingerprint density at radius 3 is 2.21 bits per heavy atom. The van der Waals surface area contributed by atoms with Gasteiger partial charge in [0.25, 0.3) is 0 Å². The van der Waals surface area contributed by atoms with Gasteiger partial charge >= 0.3 is 0 Å². The molecular formula is C35H60N8. The van der Waals surface area contributed by atoms with E-state index >= 15 is 0 Å². The molecule has 4 aliphatic rings. The van der Waals surface area contributed by atoms with Crippen molar-refractivity contribution >= 4 is 11.7 Å². The molecule has 4 aliphatic heterocycles. The van der Waals surface area contributed by atoms with Crippen LogP contribution in [0.3, 0.4) is 0 Å². The van der Waals surface area contributed by atoms with Crippen LogP contribution in [0.2, 0.25) is 0 Å². The SMILES string of the molecule is CC1NC(C)(C)CC(N=C2C(C)(C)N3CCCCCCC4(c5nc(NC(C)(C)CC(C)(C)C)nc(n5)C24[N])C3(C)C)C1C. The van der Waals surface area contributed by atoms with Gasteiger partial charge in [0.05, 0.1) is 22.7 Å². The van der Waals surface area contributed by atoms with Crippen LogP contribution in [0.15, 0.2) is 4.99 Å². The number of piperidine rings is 2. The van der Waals surface area contributed by atoms with Gasteiger partial charge in [-0.2, -0.15) is 9.97 Å². The molecule has 0 aliphatic carbocycles. The summed E-state index contributed by atoms with van der Waals surface area (Å²) in [6, 6.07) is 0.396. The third kappa shape index (κ3) is 5.15. The monoisotopic (exact) mass is 592 g/mol. The number of aromatic nitrogens is 3. The summed E-state index contributed by atoms with van der Waals surface area (Å²) in [5.41, 5.74) is 11.2. The highest BCUT2D eigenvalue weighted by Crippen LogP contribution is 2.63. The van der Waals surface area contributed by atoms with Gasteiger partial charge in [0.2, 0.25) is 5.95 Å². The first-order chi connectivity index (χ1) is 19.6. The summed E-state index contributed by atoms with van der Waals surface area (Å²) < 4.78 is 0. The van der Waals surface area contributed by atoms with E-state index in [9.17, 15) is 5.73 Å². The van der Waals surface area contributed by atoms with Crippen LogP contribution in [-0.4, -0.2) is 66.3 Å². The summed E-state index contributed by atoms with van der Waals surface area (Å²) in [4.78, 5) is 23.7. The quantitative estimate of drug-likeness (QED) is 0.416. The van der Waals surface area contributed by atoms with Crippen LogP contribution < -0.4 is 16.4 Å². The van der Waals surface area contributed by atoms with Crippen LogP contribution >= 0.6 is 0 Å². The zero-order chi connectivity index (χ0) is 32.0. The molecule has 240 valence electrons. The van der Waals surface area contributed by atoms with Gasteiger partial charge in [-0.25, -0.2) is 4.98 Å². The van der Waals surface area contributed by atoms with Gasteiger partial charge in [-0.3, -0.25) is 9.89 Å². The maximum Gasteiger partial charge on any atom is 0.226 e. The lowest BCUT2D eigenvalue weighted by Gasteiger charge is -2.65. The molecule has 0 aromatic carbocycles. The molecule has 43 heavy (non-hydrogen) atoms. The van der Waals surface area contributed by atoms with Crippen molar-refractivity contribution in [3.05, 3.63) is 11.6 Å².